The number of anilines is 1. The Kier molecular flexibility index (Phi) is 5.54. The number of amides is 1. The third-order valence-electron chi connectivity index (χ3n) is 4.97. The zero-order valence-corrected chi connectivity index (χ0v) is 16.7. The lowest BCUT2D eigenvalue weighted by molar-refractivity contribution is -0.125. The van der Waals surface area contributed by atoms with Crippen LogP contribution in [0, 0.1) is 5.82 Å². The summed E-state index contributed by atoms with van der Waals surface area (Å²) in [5.74, 6) is -2.15. The van der Waals surface area contributed by atoms with E-state index in [1.807, 2.05) is 0 Å². The molecule has 2 heterocycles. The first-order valence-electron chi connectivity index (χ1n) is 9.33. The van der Waals surface area contributed by atoms with Gasteiger partial charge in [-0.1, -0.05) is 18.2 Å². The first-order chi connectivity index (χ1) is 14.4. The lowest BCUT2D eigenvalue weighted by Crippen LogP contribution is -2.41. The monoisotopic (exact) mass is 434 g/mol. The molecule has 0 saturated carbocycles. The molecule has 1 atom stereocenters. The number of cyclic esters (lactones) is 1. The molecule has 2 aliphatic rings. The molecule has 2 aromatic rings. The van der Waals surface area contributed by atoms with Gasteiger partial charge < -0.3 is 14.8 Å². The van der Waals surface area contributed by atoms with Gasteiger partial charge in [0.2, 0.25) is 10.0 Å². The number of morpholine rings is 1. The predicted octanol–water partition coefficient (Wildman–Crippen LogP) is 1.57. The highest BCUT2D eigenvalue weighted by Gasteiger charge is 2.32. The summed E-state index contributed by atoms with van der Waals surface area (Å²) in [6, 6.07) is 10.1. The lowest BCUT2D eigenvalue weighted by Gasteiger charge is -2.26. The van der Waals surface area contributed by atoms with Gasteiger partial charge in [0.1, 0.15) is 10.7 Å². The van der Waals surface area contributed by atoms with Crippen LogP contribution < -0.4 is 5.32 Å². The number of nitrogens with one attached hydrogen (secondary N) is 1. The SMILES string of the molecule is O=C1O[C@H](C(=O)Nc2ccc(F)c(S(=O)(=O)N3CCOCC3)c2)Cc2ccccc21. The molecule has 2 aliphatic heterocycles. The molecule has 2 aromatic carbocycles. The van der Waals surface area contributed by atoms with Gasteiger partial charge >= 0.3 is 5.97 Å². The van der Waals surface area contributed by atoms with Gasteiger partial charge in [-0.15, -0.1) is 0 Å². The average molecular weight is 434 g/mol. The standard InChI is InChI=1S/C20H19FN2O6S/c21-16-6-5-14(12-18(16)30(26,27)23-7-9-28-10-8-23)22-19(24)17-11-13-3-1-2-4-15(13)20(25)29-17/h1-6,12,17H,7-11H2,(H,22,24)/t17-/m0/s1. The summed E-state index contributed by atoms with van der Waals surface area (Å²) in [5.41, 5.74) is 1.17. The Labute approximate surface area is 172 Å². The Morgan fingerprint density at radius 3 is 2.63 bits per heavy atom. The minimum atomic E-state index is -4.08. The Morgan fingerprint density at radius 2 is 1.87 bits per heavy atom. The van der Waals surface area contributed by atoms with E-state index in [9.17, 15) is 22.4 Å². The fourth-order valence-corrected chi connectivity index (χ4v) is 4.90. The number of esters is 1. The maximum atomic E-state index is 14.3. The summed E-state index contributed by atoms with van der Waals surface area (Å²) < 4.78 is 51.3. The number of halogens is 1. The molecule has 0 unspecified atom stereocenters. The van der Waals surface area contributed by atoms with E-state index in [0.717, 1.165) is 16.4 Å². The smallest absolute Gasteiger partial charge is 0.339 e. The van der Waals surface area contributed by atoms with Crippen molar-refractivity contribution >= 4 is 27.6 Å². The van der Waals surface area contributed by atoms with Crippen molar-refractivity contribution < 1.29 is 31.9 Å². The quantitative estimate of drug-likeness (QED) is 0.733. The van der Waals surface area contributed by atoms with Crippen LogP contribution in [0.2, 0.25) is 0 Å². The Balaban J connectivity index is 1.54. The van der Waals surface area contributed by atoms with E-state index < -0.39 is 38.7 Å². The van der Waals surface area contributed by atoms with Crippen LogP contribution >= 0.6 is 0 Å². The second kappa shape index (κ2) is 8.13. The molecule has 4 rings (SSSR count). The minimum Gasteiger partial charge on any atom is -0.448 e. The van der Waals surface area contributed by atoms with Crippen LogP contribution in [0.15, 0.2) is 47.4 Å². The summed E-state index contributed by atoms with van der Waals surface area (Å²) in [5, 5.41) is 2.52. The van der Waals surface area contributed by atoms with E-state index in [-0.39, 0.29) is 38.4 Å². The highest BCUT2D eigenvalue weighted by Crippen LogP contribution is 2.25. The molecule has 1 amide bonds. The van der Waals surface area contributed by atoms with Crippen LogP contribution in [0.5, 0.6) is 0 Å². The highest BCUT2D eigenvalue weighted by atomic mass is 32.2. The van der Waals surface area contributed by atoms with E-state index in [0.29, 0.717) is 11.1 Å². The number of carbonyl (C=O) groups is 2. The van der Waals surface area contributed by atoms with Crippen molar-refractivity contribution in [2.75, 3.05) is 31.6 Å². The summed E-state index contributed by atoms with van der Waals surface area (Å²) in [6.07, 6.45) is -0.884. The Hall–Kier alpha value is -2.82. The van der Waals surface area contributed by atoms with Crippen LogP contribution in [0.3, 0.4) is 0 Å². The minimum absolute atomic E-state index is 0.0862. The molecule has 30 heavy (non-hydrogen) atoms. The summed E-state index contributed by atoms with van der Waals surface area (Å²) in [6.45, 7) is 0.698. The van der Waals surface area contributed by atoms with Gasteiger partial charge in [0.25, 0.3) is 5.91 Å². The first kappa shape index (κ1) is 20.5. The van der Waals surface area contributed by atoms with E-state index in [4.69, 9.17) is 9.47 Å². The van der Waals surface area contributed by atoms with E-state index in [2.05, 4.69) is 5.32 Å². The number of benzene rings is 2. The molecule has 8 nitrogen and oxygen atoms in total. The average Bonchev–Trinajstić information content (AvgIpc) is 2.75. The molecule has 0 radical (unpaired) electrons. The van der Waals surface area contributed by atoms with Crippen molar-refractivity contribution in [1.82, 2.24) is 4.31 Å². The molecular weight excluding hydrogens is 415 g/mol. The van der Waals surface area contributed by atoms with Crippen molar-refractivity contribution in [3.8, 4) is 0 Å². The number of sulfonamides is 1. The second-order valence-corrected chi connectivity index (χ2v) is 8.81. The number of fused-ring (bicyclic) bond motifs is 1. The van der Waals surface area contributed by atoms with Crippen molar-refractivity contribution in [2.24, 2.45) is 0 Å². The largest absolute Gasteiger partial charge is 0.448 e. The molecule has 158 valence electrons. The normalized spacial score (nSPS) is 19.6. The highest BCUT2D eigenvalue weighted by molar-refractivity contribution is 7.89. The topological polar surface area (TPSA) is 102 Å². The van der Waals surface area contributed by atoms with Crippen LogP contribution in [0.1, 0.15) is 15.9 Å². The van der Waals surface area contributed by atoms with Crippen molar-refractivity contribution in [3.63, 3.8) is 0 Å². The number of rotatable bonds is 4. The lowest BCUT2D eigenvalue weighted by atomic mass is 9.98. The van der Waals surface area contributed by atoms with Crippen LogP contribution in [0.25, 0.3) is 0 Å². The number of hydrogen-bond donors (Lipinski definition) is 1. The van der Waals surface area contributed by atoms with Crippen molar-refractivity contribution in [3.05, 3.63) is 59.4 Å². The number of carbonyl (C=O) groups excluding carboxylic acids is 2. The summed E-state index contributed by atoms with van der Waals surface area (Å²) in [7, 11) is -4.08. The fourth-order valence-electron chi connectivity index (χ4n) is 3.41. The third-order valence-corrected chi connectivity index (χ3v) is 6.88. The molecule has 0 aliphatic carbocycles. The predicted molar refractivity (Wildman–Crippen MR) is 104 cm³/mol. The summed E-state index contributed by atoms with van der Waals surface area (Å²) in [4.78, 5) is 24.2. The van der Waals surface area contributed by atoms with Gasteiger partial charge in [0, 0.05) is 25.2 Å². The van der Waals surface area contributed by atoms with Crippen LogP contribution in [0.4, 0.5) is 10.1 Å². The number of hydrogen-bond acceptors (Lipinski definition) is 6. The van der Waals surface area contributed by atoms with Gasteiger partial charge in [0.05, 0.1) is 18.8 Å². The fraction of sp³-hybridized carbons (Fsp3) is 0.300. The molecule has 1 N–H and O–H groups in total. The van der Waals surface area contributed by atoms with Crippen molar-refractivity contribution in [2.45, 2.75) is 17.4 Å². The molecule has 0 spiro atoms. The molecular formula is C20H19FN2O6S. The van der Waals surface area contributed by atoms with E-state index >= 15 is 0 Å². The van der Waals surface area contributed by atoms with Crippen molar-refractivity contribution in [1.29, 1.82) is 0 Å². The van der Waals surface area contributed by atoms with Gasteiger partial charge in [-0.2, -0.15) is 4.31 Å². The second-order valence-electron chi connectivity index (χ2n) is 6.91. The molecule has 1 fully saturated rings. The molecule has 0 aromatic heterocycles. The maximum Gasteiger partial charge on any atom is 0.339 e. The van der Waals surface area contributed by atoms with Gasteiger partial charge in [-0.05, 0) is 29.8 Å². The zero-order valence-electron chi connectivity index (χ0n) is 15.8. The zero-order chi connectivity index (χ0) is 21.3. The van der Waals surface area contributed by atoms with Crippen LogP contribution in [-0.4, -0.2) is 57.0 Å². The third kappa shape index (κ3) is 3.93. The molecule has 0 bridgehead atoms. The first-order valence-corrected chi connectivity index (χ1v) is 10.8. The number of nitrogens with zero attached hydrogens (tertiary/aromatic N) is 1. The van der Waals surface area contributed by atoms with Gasteiger partial charge in [-0.25, -0.2) is 17.6 Å². The number of ether oxygens (including phenoxy) is 2. The molecule has 10 heteroatoms. The Bertz CT molecular complexity index is 1100. The summed E-state index contributed by atoms with van der Waals surface area (Å²) >= 11 is 0. The Morgan fingerprint density at radius 1 is 1.13 bits per heavy atom. The van der Waals surface area contributed by atoms with Gasteiger partial charge in [0.15, 0.2) is 6.10 Å². The van der Waals surface area contributed by atoms with E-state index in [1.54, 1.807) is 24.3 Å². The maximum absolute atomic E-state index is 14.3. The van der Waals surface area contributed by atoms with E-state index in [1.165, 1.54) is 6.07 Å². The van der Waals surface area contributed by atoms with Crippen LogP contribution in [-0.2, 0) is 30.7 Å². The molecule has 1 saturated heterocycles. The van der Waals surface area contributed by atoms with Gasteiger partial charge in [-0.3, -0.25) is 4.79 Å².